The maximum Gasteiger partial charge on any atom is 0.303 e. The number of aliphatic hydroxyl groups excluding tert-OH is 4. The summed E-state index contributed by atoms with van der Waals surface area (Å²) in [6.07, 6.45) is 1.15. The van der Waals surface area contributed by atoms with E-state index in [2.05, 4.69) is 0 Å². The zero-order valence-electron chi connectivity index (χ0n) is 14.2. The molecule has 0 amide bonds. The summed E-state index contributed by atoms with van der Waals surface area (Å²) in [4.78, 5) is 19.8. The smallest absolute Gasteiger partial charge is 0.303 e. The molecule has 1 atom stereocenters. The molecule has 0 bridgehead atoms. The molecule has 0 aromatic carbocycles. The summed E-state index contributed by atoms with van der Waals surface area (Å²) in [6, 6.07) is 0. The Kier molecular flexibility index (Phi) is 19.9. The largest absolute Gasteiger partial charge is 0.481 e. The van der Waals surface area contributed by atoms with Crippen LogP contribution in [0.25, 0.3) is 0 Å². The summed E-state index contributed by atoms with van der Waals surface area (Å²) in [6.45, 7) is 5.42. The Morgan fingerprint density at radius 3 is 1.35 bits per heavy atom. The minimum absolute atomic E-state index is 0.0451. The molecular weight excluding hydrogens is 308 g/mol. The van der Waals surface area contributed by atoms with Gasteiger partial charge in [-0.05, 0) is 26.2 Å². The van der Waals surface area contributed by atoms with Gasteiger partial charge in [0.2, 0.25) is 0 Å². The predicted molar refractivity (Wildman–Crippen MR) is 85.1 cm³/mol. The Morgan fingerprint density at radius 1 is 0.913 bits per heavy atom. The molecule has 8 nitrogen and oxygen atoms in total. The number of carboxylic acids is 2. The lowest BCUT2D eigenvalue weighted by atomic mass is 9.97. The first-order valence-corrected chi connectivity index (χ1v) is 7.46. The Hall–Kier alpha value is -1.22. The quantitative estimate of drug-likeness (QED) is 0.331. The number of hydrogen-bond acceptors (Lipinski definition) is 6. The zero-order chi connectivity index (χ0) is 18.9. The average molecular weight is 340 g/mol. The van der Waals surface area contributed by atoms with Gasteiger partial charge in [-0.15, -0.1) is 0 Å². The molecule has 0 fully saturated rings. The molecule has 0 saturated heterocycles. The maximum atomic E-state index is 9.90. The summed E-state index contributed by atoms with van der Waals surface area (Å²) in [5.41, 5.74) is -0.306. The van der Waals surface area contributed by atoms with Gasteiger partial charge in [0.25, 0.3) is 0 Å². The molecule has 0 aliphatic heterocycles. The summed E-state index contributed by atoms with van der Waals surface area (Å²) in [5.74, 6) is -1.74. The first kappa shape index (κ1) is 26.7. The lowest BCUT2D eigenvalue weighted by Crippen LogP contribution is -2.20. The fraction of sp³-hybridized carbons (Fsp3) is 0.867. The topological polar surface area (TPSA) is 156 Å². The maximum absolute atomic E-state index is 9.90. The van der Waals surface area contributed by atoms with E-state index in [1.54, 1.807) is 20.8 Å². The van der Waals surface area contributed by atoms with Crippen molar-refractivity contribution in [1.82, 2.24) is 0 Å². The van der Waals surface area contributed by atoms with Crippen LogP contribution >= 0.6 is 0 Å². The summed E-state index contributed by atoms with van der Waals surface area (Å²) < 4.78 is 0. The molecule has 1 unspecified atom stereocenters. The predicted octanol–water partition coefficient (Wildman–Crippen LogP) is 0.463. The van der Waals surface area contributed by atoms with E-state index in [9.17, 15) is 9.59 Å². The molecule has 0 aromatic heterocycles. The summed E-state index contributed by atoms with van der Waals surface area (Å²) in [7, 11) is 0. The monoisotopic (exact) mass is 340 g/mol. The van der Waals surface area contributed by atoms with E-state index in [0.29, 0.717) is 19.3 Å². The first-order chi connectivity index (χ1) is 10.5. The van der Waals surface area contributed by atoms with E-state index in [0.717, 1.165) is 0 Å². The molecule has 0 aromatic rings. The normalized spacial score (nSPS) is 11.4. The van der Waals surface area contributed by atoms with Crippen LogP contribution in [0, 0.1) is 5.41 Å². The van der Waals surface area contributed by atoms with Gasteiger partial charge in [0.1, 0.15) is 0 Å². The Bertz CT molecular complexity index is 267. The van der Waals surface area contributed by atoms with Crippen LogP contribution in [0.15, 0.2) is 0 Å². The average Bonchev–Trinajstić information content (AvgIpc) is 2.44. The second-order valence-corrected chi connectivity index (χ2v) is 5.84. The fourth-order valence-electron chi connectivity index (χ4n) is 0.789. The van der Waals surface area contributed by atoms with Gasteiger partial charge in [-0.1, -0.05) is 13.8 Å². The second-order valence-electron chi connectivity index (χ2n) is 5.84. The third-order valence-electron chi connectivity index (χ3n) is 2.43. The van der Waals surface area contributed by atoms with Gasteiger partial charge in [-0.3, -0.25) is 9.59 Å². The number of hydrogen-bond donors (Lipinski definition) is 6. The minimum atomic E-state index is -0.870. The van der Waals surface area contributed by atoms with Crippen LogP contribution in [0.2, 0.25) is 0 Å². The SMILES string of the molecule is CC(C)(CO)CO.CC(O)CCO.O=C(O)CCCCC(=O)O. The number of carbonyl (C=O) groups is 2. The molecule has 0 spiro atoms. The van der Waals surface area contributed by atoms with Gasteiger partial charge in [-0.25, -0.2) is 0 Å². The van der Waals surface area contributed by atoms with Crippen molar-refractivity contribution < 1.29 is 40.2 Å². The molecule has 0 radical (unpaired) electrons. The number of carboxylic acid groups (broad SMARTS) is 2. The standard InChI is InChI=1S/C6H10O4.C5H12O2.C4H10O2/c7-5(8)3-1-2-4-6(9)10;1-5(2,3-6)4-7;1-4(6)2-3-5/h1-4H2,(H,7,8)(H,9,10);6-7H,3-4H2,1-2H3;4-6H,2-3H2,1H3. The molecule has 0 aliphatic carbocycles. The Labute approximate surface area is 137 Å². The van der Waals surface area contributed by atoms with Crippen molar-refractivity contribution in [2.75, 3.05) is 19.8 Å². The molecule has 0 rings (SSSR count). The number of rotatable bonds is 9. The van der Waals surface area contributed by atoms with Crippen molar-refractivity contribution in [3.8, 4) is 0 Å². The van der Waals surface area contributed by atoms with Crippen molar-refractivity contribution in [2.24, 2.45) is 5.41 Å². The molecule has 0 saturated carbocycles. The number of aliphatic carboxylic acids is 2. The molecule has 140 valence electrons. The molecule has 6 N–H and O–H groups in total. The highest BCUT2D eigenvalue weighted by molar-refractivity contribution is 5.67. The van der Waals surface area contributed by atoms with Gasteiger partial charge in [-0.2, -0.15) is 0 Å². The van der Waals surface area contributed by atoms with Crippen molar-refractivity contribution in [3.05, 3.63) is 0 Å². The van der Waals surface area contributed by atoms with Crippen LogP contribution in [0.4, 0.5) is 0 Å². The molecule has 0 heterocycles. The van der Waals surface area contributed by atoms with Crippen LogP contribution in [0.3, 0.4) is 0 Å². The van der Waals surface area contributed by atoms with Crippen molar-refractivity contribution in [1.29, 1.82) is 0 Å². The van der Waals surface area contributed by atoms with Gasteiger partial charge in [0.15, 0.2) is 0 Å². The van der Waals surface area contributed by atoms with E-state index in [4.69, 9.17) is 30.6 Å². The van der Waals surface area contributed by atoms with Gasteiger partial charge in [0, 0.05) is 24.9 Å². The van der Waals surface area contributed by atoms with Gasteiger partial charge < -0.3 is 30.6 Å². The zero-order valence-corrected chi connectivity index (χ0v) is 14.2. The van der Waals surface area contributed by atoms with Gasteiger partial charge >= 0.3 is 11.9 Å². The van der Waals surface area contributed by atoms with Crippen LogP contribution in [0.5, 0.6) is 0 Å². The van der Waals surface area contributed by atoms with Crippen LogP contribution in [0.1, 0.15) is 52.9 Å². The van der Waals surface area contributed by atoms with E-state index in [-0.39, 0.29) is 44.2 Å². The fourth-order valence-corrected chi connectivity index (χ4v) is 0.789. The van der Waals surface area contributed by atoms with Crippen molar-refractivity contribution in [2.45, 2.75) is 59.0 Å². The van der Waals surface area contributed by atoms with Crippen LogP contribution in [-0.2, 0) is 9.59 Å². The van der Waals surface area contributed by atoms with Crippen molar-refractivity contribution in [3.63, 3.8) is 0 Å². The Balaban J connectivity index is -0.000000272. The lowest BCUT2D eigenvalue weighted by Gasteiger charge is -2.16. The molecular formula is C15H32O8. The van der Waals surface area contributed by atoms with Crippen molar-refractivity contribution >= 4 is 11.9 Å². The summed E-state index contributed by atoms with van der Waals surface area (Å²) >= 11 is 0. The van der Waals surface area contributed by atoms with Crippen LogP contribution < -0.4 is 0 Å². The minimum Gasteiger partial charge on any atom is -0.481 e. The first-order valence-electron chi connectivity index (χ1n) is 7.46. The highest BCUT2D eigenvalue weighted by Crippen LogP contribution is 2.10. The number of aliphatic hydroxyl groups is 4. The number of unbranched alkanes of at least 4 members (excludes halogenated alkanes) is 1. The highest BCUT2D eigenvalue weighted by atomic mass is 16.4. The van der Waals surface area contributed by atoms with E-state index in [1.165, 1.54) is 0 Å². The van der Waals surface area contributed by atoms with E-state index < -0.39 is 11.9 Å². The van der Waals surface area contributed by atoms with E-state index >= 15 is 0 Å². The van der Waals surface area contributed by atoms with Gasteiger partial charge in [0.05, 0.1) is 19.3 Å². The third kappa shape index (κ3) is 33.5. The second kappa shape index (κ2) is 17.1. The molecule has 0 aliphatic rings. The lowest BCUT2D eigenvalue weighted by molar-refractivity contribution is -0.139. The highest BCUT2D eigenvalue weighted by Gasteiger charge is 2.13. The Morgan fingerprint density at radius 2 is 1.26 bits per heavy atom. The molecule has 23 heavy (non-hydrogen) atoms. The van der Waals surface area contributed by atoms with E-state index in [1.807, 2.05) is 0 Å². The third-order valence-corrected chi connectivity index (χ3v) is 2.43. The summed E-state index contributed by atoms with van der Waals surface area (Å²) in [5, 5.41) is 49.6. The molecule has 8 heteroatoms. The van der Waals surface area contributed by atoms with Crippen LogP contribution in [-0.4, -0.2) is 68.5 Å².